The number of carbonyl (C=O) groups is 2. The van der Waals surface area contributed by atoms with E-state index in [1.54, 1.807) is 23.1 Å². The Morgan fingerprint density at radius 3 is 2.67 bits per heavy atom. The predicted molar refractivity (Wildman–Crippen MR) is 102 cm³/mol. The first-order chi connectivity index (χ1) is 13.0. The van der Waals surface area contributed by atoms with E-state index in [0.717, 1.165) is 5.56 Å². The normalized spacial score (nSPS) is 21.8. The van der Waals surface area contributed by atoms with Gasteiger partial charge in [-0.1, -0.05) is 42.5 Å². The van der Waals surface area contributed by atoms with E-state index in [1.807, 2.05) is 30.3 Å². The molecule has 1 aromatic carbocycles. The maximum Gasteiger partial charge on any atom is 0.410 e. The van der Waals surface area contributed by atoms with Crippen molar-refractivity contribution in [3.63, 3.8) is 0 Å². The fourth-order valence-corrected chi connectivity index (χ4v) is 3.01. The largest absolute Gasteiger partial charge is 0.458 e. The first-order valence-electron chi connectivity index (χ1n) is 9.11. The van der Waals surface area contributed by atoms with Gasteiger partial charge in [-0.3, -0.25) is 4.79 Å². The first-order valence-corrected chi connectivity index (χ1v) is 9.11. The van der Waals surface area contributed by atoms with Gasteiger partial charge in [-0.15, -0.1) is 6.58 Å². The second kappa shape index (κ2) is 10.5. The molecule has 0 fully saturated rings. The SMILES string of the molecule is C=CCCN(C(=O)OCc1ccccc1)[C@@H]1C=C[C@@H](OC(C)=O)C[C@@H](O)C1. The fraction of sp³-hybridized carbons (Fsp3) is 0.429. The van der Waals surface area contributed by atoms with Crippen LogP contribution in [0.5, 0.6) is 0 Å². The molecule has 0 bridgehead atoms. The van der Waals surface area contributed by atoms with Gasteiger partial charge in [-0.25, -0.2) is 4.79 Å². The summed E-state index contributed by atoms with van der Waals surface area (Å²) >= 11 is 0. The van der Waals surface area contributed by atoms with Crippen LogP contribution in [0, 0.1) is 0 Å². The van der Waals surface area contributed by atoms with Crippen LogP contribution >= 0.6 is 0 Å². The number of amides is 1. The molecule has 0 radical (unpaired) electrons. The van der Waals surface area contributed by atoms with Crippen LogP contribution in [0.25, 0.3) is 0 Å². The van der Waals surface area contributed by atoms with Gasteiger partial charge in [0.25, 0.3) is 0 Å². The topological polar surface area (TPSA) is 76.1 Å². The lowest BCUT2D eigenvalue weighted by molar-refractivity contribution is -0.145. The standard InChI is InChI=1S/C21H27NO5/c1-3-4-12-22(21(25)26-15-17-8-6-5-7-9-17)18-10-11-20(27-16(2)23)14-19(24)13-18/h3,5-11,18-20,24H,1,4,12-15H2,2H3/t18-,19+,20-/m1/s1. The third-order valence-electron chi connectivity index (χ3n) is 4.30. The highest BCUT2D eigenvalue weighted by molar-refractivity contribution is 5.68. The quantitative estimate of drug-likeness (QED) is 0.587. The number of hydrogen-bond acceptors (Lipinski definition) is 5. The molecule has 6 nitrogen and oxygen atoms in total. The molecule has 6 heteroatoms. The van der Waals surface area contributed by atoms with Crippen molar-refractivity contribution in [3.05, 3.63) is 60.7 Å². The molecule has 1 aliphatic rings. The highest BCUT2D eigenvalue weighted by Gasteiger charge is 2.29. The van der Waals surface area contributed by atoms with E-state index >= 15 is 0 Å². The Hall–Kier alpha value is -2.60. The minimum absolute atomic E-state index is 0.180. The number of rotatable bonds is 7. The number of esters is 1. The Balaban J connectivity index is 2.07. The summed E-state index contributed by atoms with van der Waals surface area (Å²) in [4.78, 5) is 25.4. The minimum Gasteiger partial charge on any atom is -0.458 e. The predicted octanol–water partition coefficient (Wildman–Crippen LogP) is 3.21. The number of hydrogen-bond donors (Lipinski definition) is 1. The van der Waals surface area contributed by atoms with Crippen LogP contribution in [-0.2, 0) is 20.9 Å². The second-order valence-corrected chi connectivity index (χ2v) is 6.54. The zero-order valence-electron chi connectivity index (χ0n) is 15.6. The Bertz CT molecular complexity index is 658. The van der Waals surface area contributed by atoms with E-state index in [0.29, 0.717) is 25.8 Å². The van der Waals surface area contributed by atoms with Crippen molar-refractivity contribution in [1.82, 2.24) is 4.90 Å². The maximum absolute atomic E-state index is 12.7. The van der Waals surface area contributed by atoms with E-state index < -0.39 is 24.3 Å². The van der Waals surface area contributed by atoms with Crippen LogP contribution in [-0.4, -0.2) is 46.9 Å². The molecule has 0 aromatic heterocycles. The number of nitrogens with zero attached hydrogens (tertiary/aromatic N) is 1. The first kappa shape index (κ1) is 20.7. The molecule has 0 heterocycles. The van der Waals surface area contributed by atoms with Gasteiger partial charge in [0.15, 0.2) is 0 Å². The number of aliphatic hydroxyl groups is 1. The Morgan fingerprint density at radius 1 is 1.26 bits per heavy atom. The number of aliphatic hydroxyl groups excluding tert-OH is 1. The van der Waals surface area contributed by atoms with Crippen molar-refractivity contribution < 1.29 is 24.2 Å². The minimum atomic E-state index is -0.692. The van der Waals surface area contributed by atoms with Crippen LogP contribution in [0.2, 0.25) is 0 Å². The average molecular weight is 373 g/mol. The molecule has 0 unspecified atom stereocenters. The van der Waals surface area contributed by atoms with Crippen molar-refractivity contribution in [2.75, 3.05) is 6.54 Å². The van der Waals surface area contributed by atoms with Gasteiger partial charge in [0.1, 0.15) is 12.7 Å². The van der Waals surface area contributed by atoms with Crippen LogP contribution in [0.1, 0.15) is 31.7 Å². The molecular weight excluding hydrogens is 346 g/mol. The molecule has 2 rings (SSSR count). The fourth-order valence-electron chi connectivity index (χ4n) is 3.01. The van der Waals surface area contributed by atoms with Crippen molar-refractivity contribution in [2.24, 2.45) is 0 Å². The summed E-state index contributed by atoms with van der Waals surface area (Å²) in [6.45, 7) is 5.65. The lowest BCUT2D eigenvalue weighted by atomic mass is 10.1. The molecule has 1 amide bonds. The summed E-state index contributed by atoms with van der Waals surface area (Å²) in [6.07, 6.45) is 4.89. The molecule has 1 aromatic rings. The summed E-state index contributed by atoms with van der Waals surface area (Å²) < 4.78 is 10.6. The van der Waals surface area contributed by atoms with Crippen molar-refractivity contribution >= 4 is 12.1 Å². The number of carbonyl (C=O) groups excluding carboxylic acids is 2. The molecule has 146 valence electrons. The van der Waals surface area contributed by atoms with Crippen LogP contribution in [0.4, 0.5) is 4.79 Å². The highest BCUT2D eigenvalue weighted by Crippen LogP contribution is 2.21. The molecule has 0 spiro atoms. The van der Waals surface area contributed by atoms with Gasteiger partial charge in [-0.2, -0.15) is 0 Å². The van der Waals surface area contributed by atoms with E-state index in [9.17, 15) is 14.7 Å². The highest BCUT2D eigenvalue weighted by atomic mass is 16.6. The third kappa shape index (κ3) is 6.90. The van der Waals surface area contributed by atoms with Gasteiger partial charge in [0, 0.05) is 19.9 Å². The van der Waals surface area contributed by atoms with E-state index in [2.05, 4.69) is 6.58 Å². The van der Waals surface area contributed by atoms with Gasteiger partial charge in [-0.05, 0) is 24.5 Å². The molecule has 1 N–H and O–H groups in total. The average Bonchev–Trinajstić information content (AvgIpc) is 2.81. The molecule has 0 aliphatic heterocycles. The van der Waals surface area contributed by atoms with E-state index in [4.69, 9.17) is 9.47 Å². The lowest BCUT2D eigenvalue weighted by Crippen LogP contribution is -2.41. The van der Waals surface area contributed by atoms with Gasteiger partial charge in [0.2, 0.25) is 0 Å². The molecule has 0 saturated heterocycles. The summed E-state index contributed by atoms with van der Waals surface area (Å²) in [6, 6.07) is 9.11. The number of ether oxygens (including phenoxy) is 2. The molecule has 3 atom stereocenters. The van der Waals surface area contributed by atoms with E-state index in [1.165, 1.54) is 6.92 Å². The van der Waals surface area contributed by atoms with Gasteiger partial charge in [0.05, 0.1) is 12.1 Å². The molecular formula is C21H27NO5. The van der Waals surface area contributed by atoms with Crippen LogP contribution in [0.15, 0.2) is 55.1 Å². The molecule has 0 saturated carbocycles. The van der Waals surface area contributed by atoms with Crippen molar-refractivity contribution in [1.29, 1.82) is 0 Å². The summed E-state index contributed by atoms with van der Waals surface area (Å²) in [5, 5.41) is 10.3. The smallest absolute Gasteiger partial charge is 0.410 e. The van der Waals surface area contributed by atoms with Crippen LogP contribution in [0.3, 0.4) is 0 Å². The van der Waals surface area contributed by atoms with Crippen LogP contribution < -0.4 is 0 Å². The Labute approximate surface area is 160 Å². The zero-order chi connectivity index (χ0) is 19.6. The Morgan fingerprint density at radius 2 is 2.00 bits per heavy atom. The zero-order valence-corrected chi connectivity index (χ0v) is 15.6. The summed E-state index contributed by atoms with van der Waals surface area (Å²) in [5.74, 6) is -0.402. The molecule has 27 heavy (non-hydrogen) atoms. The summed E-state index contributed by atoms with van der Waals surface area (Å²) in [7, 11) is 0. The van der Waals surface area contributed by atoms with E-state index in [-0.39, 0.29) is 12.6 Å². The van der Waals surface area contributed by atoms with Crippen molar-refractivity contribution in [2.45, 2.75) is 51.0 Å². The second-order valence-electron chi connectivity index (χ2n) is 6.54. The Kier molecular flexibility index (Phi) is 8.07. The maximum atomic E-state index is 12.7. The lowest BCUT2D eigenvalue weighted by Gasteiger charge is -2.29. The summed E-state index contributed by atoms with van der Waals surface area (Å²) in [5.41, 5.74) is 0.904. The van der Waals surface area contributed by atoms with Crippen molar-refractivity contribution in [3.8, 4) is 0 Å². The monoisotopic (exact) mass is 373 g/mol. The third-order valence-corrected chi connectivity index (χ3v) is 4.30. The van der Waals surface area contributed by atoms with Gasteiger partial charge >= 0.3 is 12.1 Å². The molecule has 1 aliphatic carbocycles. The number of benzene rings is 1. The van der Waals surface area contributed by atoms with Gasteiger partial charge < -0.3 is 19.5 Å².